The Morgan fingerprint density at radius 2 is 1.82 bits per heavy atom. The van der Waals surface area contributed by atoms with Gasteiger partial charge in [0.05, 0.1) is 29.3 Å². The van der Waals surface area contributed by atoms with E-state index < -0.39 is 22.8 Å². The number of methoxy groups -OCH3 is 1. The van der Waals surface area contributed by atoms with Gasteiger partial charge < -0.3 is 18.8 Å². The number of rotatable bonds is 9. The smallest absolute Gasteiger partial charge is 0.341 e. The molecule has 6 nitrogen and oxygen atoms in total. The van der Waals surface area contributed by atoms with Crippen LogP contribution in [0.1, 0.15) is 76.0 Å². The molecule has 38 heavy (non-hydrogen) atoms. The first-order valence-corrected chi connectivity index (χ1v) is 13.7. The van der Waals surface area contributed by atoms with Gasteiger partial charge in [-0.1, -0.05) is 58.4 Å². The number of aromatic carboxylic acids is 1. The lowest BCUT2D eigenvalue weighted by Crippen LogP contribution is -2.42. The first-order chi connectivity index (χ1) is 17.6. The maximum absolute atomic E-state index is 14.7. The van der Waals surface area contributed by atoms with Gasteiger partial charge in [-0.3, -0.25) is 4.79 Å². The minimum Gasteiger partial charge on any atom is -0.496 e. The average molecular weight is 560 g/mol. The average Bonchev–Trinajstić information content (AvgIpc) is 2.81. The molecule has 3 aromatic rings. The molecule has 0 aliphatic heterocycles. The minimum absolute atomic E-state index is 0.00394. The lowest BCUT2D eigenvalue weighted by molar-refractivity contribution is 0.0289. The number of hydrogen-bond acceptors (Lipinski definition) is 4. The number of nitrogens with zero attached hydrogens (tertiary/aromatic N) is 1. The van der Waals surface area contributed by atoms with Crippen LogP contribution in [0.3, 0.4) is 0 Å². The zero-order valence-corrected chi connectivity index (χ0v) is 24.9. The number of aromatic nitrogens is 1. The van der Waals surface area contributed by atoms with E-state index in [0.717, 1.165) is 0 Å². The Kier molecular flexibility index (Phi) is 8.80. The van der Waals surface area contributed by atoms with Crippen molar-refractivity contribution in [1.29, 1.82) is 0 Å². The number of pyridine rings is 1. The molecule has 0 spiro atoms. The zero-order chi connectivity index (χ0) is 28.6. The van der Waals surface area contributed by atoms with Crippen LogP contribution in [0, 0.1) is 11.7 Å². The fraction of sp³-hybridized carbons (Fsp3) is 0.448. The minimum atomic E-state index is -1.32. The normalized spacial score (nSPS) is 13.2. The summed E-state index contributed by atoms with van der Waals surface area (Å²) >= 11 is 5.98. The molecular weight excluding hydrogens is 525 g/mol. The van der Waals surface area contributed by atoms with Gasteiger partial charge in [-0.15, -0.1) is 0 Å². The van der Waals surface area contributed by atoms with E-state index in [1.807, 2.05) is 32.3 Å². The number of benzene rings is 2. The van der Waals surface area contributed by atoms with E-state index in [4.69, 9.17) is 20.8 Å². The van der Waals surface area contributed by atoms with Crippen LogP contribution < -0.4 is 10.2 Å². The Hall–Kier alpha value is -2.68. The van der Waals surface area contributed by atoms with Crippen molar-refractivity contribution in [3.8, 4) is 5.75 Å². The van der Waals surface area contributed by atoms with Crippen LogP contribution in [-0.4, -0.2) is 38.1 Å². The zero-order valence-electron chi connectivity index (χ0n) is 23.1. The van der Waals surface area contributed by atoms with Crippen LogP contribution in [0.2, 0.25) is 10.1 Å². The van der Waals surface area contributed by atoms with Crippen molar-refractivity contribution in [3.63, 3.8) is 0 Å². The Balaban J connectivity index is 2.31. The number of fused-ring (bicyclic) bond motifs is 1. The highest BCUT2D eigenvalue weighted by Gasteiger charge is 2.37. The Morgan fingerprint density at radius 1 is 1.16 bits per heavy atom. The Bertz CT molecular complexity index is 1410. The first kappa shape index (κ1) is 29.9. The van der Waals surface area contributed by atoms with Gasteiger partial charge >= 0.3 is 5.97 Å². The van der Waals surface area contributed by atoms with Crippen molar-refractivity contribution < 1.29 is 23.5 Å². The van der Waals surface area contributed by atoms with Crippen molar-refractivity contribution in [1.82, 2.24) is 4.57 Å². The highest BCUT2D eigenvalue weighted by molar-refractivity contribution is 6.32. The lowest BCUT2D eigenvalue weighted by atomic mass is 9.88. The quantitative estimate of drug-likeness (QED) is 0.288. The molecule has 1 N–H and O–H groups in total. The summed E-state index contributed by atoms with van der Waals surface area (Å²) < 4.78 is 28.6. The molecule has 204 valence electrons. The third kappa shape index (κ3) is 6.30. The second kappa shape index (κ2) is 11.2. The van der Waals surface area contributed by atoms with Gasteiger partial charge in [-0.05, 0) is 48.1 Å². The molecule has 2 aromatic carbocycles. The summed E-state index contributed by atoms with van der Waals surface area (Å²) in [6.07, 6.45) is 1.51. The number of carbonyl (C=O) groups is 1. The maximum Gasteiger partial charge on any atom is 0.341 e. The van der Waals surface area contributed by atoms with Crippen molar-refractivity contribution >= 4 is 38.2 Å². The standard InChI is InChI=1S/C29H35ClFNO5Si/c1-16(2)26(29(6,7)37-38-28(3,4)5)32-15-20(27(34)35)25(33)19-13-18(23(36-8)14-22(19)32)12-17-10-9-11-21(30)24(17)31/h9-11,13-16,26H,12H2,1-8H3,(H,34,35)/t26-/m0/s1. The molecule has 0 amide bonds. The van der Waals surface area contributed by atoms with E-state index in [1.165, 1.54) is 19.4 Å². The predicted molar refractivity (Wildman–Crippen MR) is 150 cm³/mol. The van der Waals surface area contributed by atoms with Gasteiger partial charge in [0.25, 0.3) is 0 Å². The predicted octanol–water partition coefficient (Wildman–Crippen LogP) is 6.92. The van der Waals surface area contributed by atoms with Crippen LogP contribution in [0.4, 0.5) is 4.39 Å². The number of carboxylic acids is 1. The van der Waals surface area contributed by atoms with Gasteiger partial charge in [-0.2, -0.15) is 0 Å². The van der Waals surface area contributed by atoms with Crippen molar-refractivity contribution in [3.05, 3.63) is 74.3 Å². The van der Waals surface area contributed by atoms with Crippen molar-refractivity contribution in [2.24, 2.45) is 5.92 Å². The number of carboxylic acid groups (broad SMARTS) is 1. The molecule has 0 aliphatic rings. The molecular formula is C29H35ClFNO5Si. The highest BCUT2D eigenvalue weighted by atomic mass is 35.5. The van der Waals surface area contributed by atoms with E-state index in [9.17, 15) is 19.1 Å². The van der Waals surface area contributed by atoms with E-state index >= 15 is 0 Å². The SMILES string of the molecule is COc1cc2c(cc1Cc1cccc(Cl)c1F)c(=O)c(C(=O)O)cn2[C@@H](C(C)C)C(C)(C)O[Si]C(C)(C)C. The highest BCUT2D eigenvalue weighted by Crippen LogP contribution is 2.38. The molecule has 2 radical (unpaired) electrons. The Morgan fingerprint density at radius 3 is 2.37 bits per heavy atom. The summed E-state index contributed by atoms with van der Waals surface area (Å²) in [4.78, 5) is 25.6. The van der Waals surface area contributed by atoms with E-state index in [-0.39, 0.29) is 49.2 Å². The molecule has 3 rings (SSSR count). The van der Waals surface area contributed by atoms with E-state index in [1.54, 1.807) is 24.3 Å². The fourth-order valence-electron chi connectivity index (χ4n) is 4.83. The molecule has 0 bridgehead atoms. The van der Waals surface area contributed by atoms with Crippen molar-refractivity contribution in [2.45, 2.75) is 71.6 Å². The van der Waals surface area contributed by atoms with E-state index in [0.29, 0.717) is 22.4 Å². The van der Waals surface area contributed by atoms with Crippen LogP contribution in [0.25, 0.3) is 10.9 Å². The summed E-state index contributed by atoms with van der Waals surface area (Å²) in [6, 6.07) is 7.73. The molecule has 1 heterocycles. The van der Waals surface area contributed by atoms with Gasteiger partial charge in [-0.25, -0.2) is 9.18 Å². The first-order valence-electron chi connectivity index (χ1n) is 12.4. The molecule has 0 aliphatic carbocycles. The summed E-state index contributed by atoms with van der Waals surface area (Å²) in [5.41, 5.74) is -0.269. The maximum atomic E-state index is 14.7. The molecule has 0 unspecified atom stereocenters. The molecule has 9 heteroatoms. The fourth-order valence-corrected chi connectivity index (χ4v) is 5.71. The monoisotopic (exact) mass is 559 g/mol. The van der Waals surface area contributed by atoms with Crippen molar-refractivity contribution in [2.75, 3.05) is 7.11 Å². The molecule has 1 atom stereocenters. The largest absolute Gasteiger partial charge is 0.496 e. The van der Waals surface area contributed by atoms with Crippen LogP contribution in [-0.2, 0) is 10.8 Å². The molecule has 0 fully saturated rings. The van der Waals surface area contributed by atoms with Gasteiger partial charge in [0.2, 0.25) is 15.2 Å². The number of halogens is 2. The molecule has 0 saturated heterocycles. The summed E-state index contributed by atoms with van der Waals surface area (Å²) in [5.74, 6) is -1.40. The van der Waals surface area contributed by atoms with Crippen LogP contribution in [0.15, 0.2) is 41.3 Å². The lowest BCUT2D eigenvalue weighted by Gasteiger charge is -2.41. The number of ether oxygens (including phenoxy) is 1. The summed E-state index contributed by atoms with van der Waals surface area (Å²) in [6.45, 7) is 14.3. The van der Waals surface area contributed by atoms with Gasteiger partial charge in [0.1, 0.15) is 17.1 Å². The van der Waals surface area contributed by atoms with Gasteiger partial charge in [0.15, 0.2) is 0 Å². The topological polar surface area (TPSA) is 77.8 Å². The van der Waals surface area contributed by atoms with Gasteiger partial charge in [0, 0.05) is 24.1 Å². The molecule has 1 aromatic heterocycles. The summed E-state index contributed by atoms with van der Waals surface area (Å²) in [5, 5.41) is 10.1. The summed E-state index contributed by atoms with van der Waals surface area (Å²) in [7, 11) is 1.71. The van der Waals surface area contributed by atoms with Crippen LogP contribution in [0.5, 0.6) is 5.75 Å². The second-order valence-corrected chi connectivity index (χ2v) is 13.7. The van der Waals surface area contributed by atoms with E-state index in [2.05, 4.69) is 20.8 Å². The number of hydrogen-bond donors (Lipinski definition) is 1. The second-order valence-electron chi connectivity index (χ2n) is 11.4. The third-order valence-corrected chi connectivity index (χ3v) is 7.87. The molecule has 0 saturated carbocycles. The third-order valence-electron chi connectivity index (χ3n) is 6.34. The Labute approximate surface area is 230 Å². The van der Waals surface area contributed by atoms with Crippen LogP contribution >= 0.6 is 11.6 Å².